The predicted molar refractivity (Wildman–Crippen MR) is 70.8 cm³/mol. The molecule has 0 bridgehead atoms. The first-order chi connectivity index (χ1) is 9.21. The van der Waals surface area contributed by atoms with Crippen molar-refractivity contribution in [1.29, 1.82) is 0 Å². The summed E-state index contributed by atoms with van der Waals surface area (Å²) >= 11 is 0. The molecule has 0 saturated carbocycles. The van der Waals surface area contributed by atoms with Gasteiger partial charge in [-0.3, -0.25) is 4.79 Å². The van der Waals surface area contributed by atoms with Crippen molar-refractivity contribution in [3.63, 3.8) is 0 Å². The van der Waals surface area contributed by atoms with Crippen LogP contribution in [0.1, 0.15) is 12.7 Å². The predicted octanol–water partition coefficient (Wildman–Crippen LogP) is -1.03. The molecule has 1 unspecified atom stereocenters. The Bertz CT molecular complexity index is 593. The van der Waals surface area contributed by atoms with E-state index in [9.17, 15) is 18.0 Å². The zero-order valence-corrected chi connectivity index (χ0v) is 12.1. The fourth-order valence-electron chi connectivity index (χ4n) is 1.64. The lowest BCUT2D eigenvalue weighted by Gasteiger charge is -2.13. The third-order valence-electron chi connectivity index (χ3n) is 2.65. The Hall–Kier alpha value is -1.90. The molecule has 112 valence electrons. The summed E-state index contributed by atoms with van der Waals surface area (Å²) in [5.41, 5.74) is 0. The molecule has 1 atom stereocenters. The lowest BCUT2D eigenvalue weighted by atomic mass is 10.3. The highest BCUT2D eigenvalue weighted by atomic mass is 32.2. The number of hydrogen-bond acceptors (Lipinski definition) is 5. The van der Waals surface area contributed by atoms with E-state index in [-0.39, 0.29) is 12.2 Å². The minimum absolute atomic E-state index is 0.193. The molecule has 0 aliphatic carbocycles. The molecule has 0 aliphatic heterocycles. The summed E-state index contributed by atoms with van der Waals surface area (Å²) in [4.78, 5) is 25.7. The number of imidazole rings is 1. The standard InChI is InChI=1S/C11H17N3O5S/c1-8(15)13-9(11(16)17)7-20(18,19)6-3-10-12-4-5-14(10)2/h4-5,9H,3,6-7H2,1-2H3,(H,13,15)(H,16,17). The maximum atomic E-state index is 11.9. The van der Waals surface area contributed by atoms with Crippen LogP contribution in [0.25, 0.3) is 0 Å². The third-order valence-corrected chi connectivity index (χ3v) is 4.32. The number of amides is 1. The second-order valence-electron chi connectivity index (χ2n) is 4.41. The number of aliphatic carboxylic acids is 1. The molecule has 1 amide bonds. The number of rotatable bonds is 7. The Morgan fingerprint density at radius 3 is 2.60 bits per heavy atom. The fraction of sp³-hybridized carbons (Fsp3) is 0.545. The van der Waals surface area contributed by atoms with Crippen molar-refractivity contribution in [2.24, 2.45) is 7.05 Å². The Labute approximate surface area is 116 Å². The number of carbonyl (C=O) groups excluding carboxylic acids is 1. The zero-order chi connectivity index (χ0) is 15.3. The maximum Gasteiger partial charge on any atom is 0.327 e. The molecule has 9 heteroatoms. The molecule has 20 heavy (non-hydrogen) atoms. The Morgan fingerprint density at radius 1 is 1.50 bits per heavy atom. The highest BCUT2D eigenvalue weighted by Crippen LogP contribution is 2.02. The van der Waals surface area contributed by atoms with Gasteiger partial charge in [-0.2, -0.15) is 0 Å². The van der Waals surface area contributed by atoms with Crippen LogP contribution in [0.2, 0.25) is 0 Å². The van der Waals surface area contributed by atoms with Gasteiger partial charge in [0.2, 0.25) is 5.91 Å². The fourth-order valence-corrected chi connectivity index (χ4v) is 3.04. The Kier molecular flexibility index (Phi) is 5.26. The molecule has 0 aliphatic rings. The van der Waals surface area contributed by atoms with E-state index in [0.717, 1.165) is 6.92 Å². The van der Waals surface area contributed by atoms with Gasteiger partial charge < -0.3 is 15.0 Å². The molecule has 2 N–H and O–H groups in total. The van der Waals surface area contributed by atoms with E-state index in [1.165, 1.54) is 0 Å². The monoisotopic (exact) mass is 303 g/mol. The largest absolute Gasteiger partial charge is 0.480 e. The van der Waals surface area contributed by atoms with E-state index >= 15 is 0 Å². The van der Waals surface area contributed by atoms with Crippen molar-refractivity contribution in [1.82, 2.24) is 14.9 Å². The summed E-state index contributed by atoms with van der Waals surface area (Å²) < 4.78 is 25.5. The Morgan fingerprint density at radius 2 is 2.15 bits per heavy atom. The van der Waals surface area contributed by atoms with Crippen molar-refractivity contribution in [3.8, 4) is 0 Å². The average molecular weight is 303 g/mol. The molecule has 1 heterocycles. The second kappa shape index (κ2) is 6.51. The SMILES string of the molecule is CC(=O)NC(CS(=O)(=O)CCc1nccn1C)C(=O)O. The normalized spacial score (nSPS) is 12.9. The molecule has 0 radical (unpaired) electrons. The van der Waals surface area contributed by atoms with E-state index in [4.69, 9.17) is 5.11 Å². The molecule has 8 nitrogen and oxygen atoms in total. The number of sulfone groups is 1. The first kappa shape index (κ1) is 16.2. The van der Waals surface area contributed by atoms with Crippen LogP contribution >= 0.6 is 0 Å². The number of carboxylic acid groups (broad SMARTS) is 1. The Balaban J connectivity index is 2.66. The number of carboxylic acids is 1. The number of aromatic nitrogens is 2. The van der Waals surface area contributed by atoms with E-state index in [2.05, 4.69) is 10.3 Å². The van der Waals surface area contributed by atoms with Crippen LogP contribution in [0.5, 0.6) is 0 Å². The van der Waals surface area contributed by atoms with Gasteiger partial charge in [-0.1, -0.05) is 0 Å². The van der Waals surface area contributed by atoms with Gasteiger partial charge in [-0.25, -0.2) is 18.2 Å². The van der Waals surface area contributed by atoms with Gasteiger partial charge >= 0.3 is 5.97 Å². The van der Waals surface area contributed by atoms with Crippen LogP contribution in [0.3, 0.4) is 0 Å². The third kappa shape index (κ3) is 5.00. The van der Waals surface area contributed by atoms with Crippen LogP contribution in [0.4, 0.5) is 0 Å². The number of carbonyl (C=O) groups is 2. The van der Waals surface area contributed by atoms with E-state index in [0.29, 0.717) is 5.82 Å². The van der Waals surface area contributed by atoms with Gasteiger partial charge in [0.1, 0.15) is 11.9 Å². The van der Waals surface area contributed by atoms with Crippen molar-refractivity contribution >= 4 is 21.7 Å². The number of aryl methyl sites for hydroxylation is 2. The molecule has 1 aromatic heterocycles. The summed E-state index contributed by atoms with van der Waals surface area (Å²) in [6.07, 6.45) is 3.44. The molecular formula is C11H17N3O5S. The molecule has 1 rings (SSSR count). The smallest absolute Gasteiger partial charge is 0.327 e. The number of hydrogen-bond donors (Lipinski definition) is 2. The molecule has 1 aromatic rings. The zero-order valence-electron chi connectivity index (χ0n) is 11.2. The molecule has 0 aromatic carbocycles. The van der Waals surface area contributed by atoms with Gasteiger partial charge in [0.15, 0.2) is 9.84 Å². The van der Waals surface area contributed by atoms with Crippen LogP contribution in [-0.4, -0.2) is 52.5 Å². The van der Waals surface area contributed by atoms with Crippen molar-refractivity contribution in [2.45, 2.75) is 19.4 Å². The van der Waals surface area contributed by atoms with Gasteiger partial charge in [-0.15, -0.1) is 0 Å². The van der Waals surface area contributed by atoms with Crippen LogP contribution < -0.4 is 5.32 Å². The lowest BCUT2D eigenvalue weighted by molar-refractivity contribution is -0.140. The van der Waals surface area contributed by atoms with Crippen LogP contribution in [0, 0.1) is 0 Å². The van der Waals surface area contributed by atoms with Gasteiger partial charge in [0, 0.05) is 32.8 Å². The second-order valence-corrected chi connectivity index (χ2v) is 6.64. The molecule has 0 saturated heterocycles. The number of nitrogens with zero attached hydrogens (tertiary/aromatic N) is 2. The van der Waals surface area contributed by atoms with E-state index in [1.807, 2.05) is 0 Å². The molecular weight excluding hydrogens is 286 g/mol. The summed E-state index contributed by atoms with van der Waals surface area (Å²) in [5, 5.41) is 11.0. The summed E-state index contributed by atoms with van der Waals surface area (Å²) in [6.45, 7) is 1.14. The van der Waals surface area contributed by atoms with Crippen LogP contribution in [-0.2, 0) is 32.9 Å². The first-order valence-corrected chi connectivity index (χ1v) is 7.70. The minimum Gasteiger partial charge on any atom is -0.480 e. The highest BCUT2D eigenvalue weighted by Gasteiger charge is 2.26. The first-order valence-electron chi connectivity index (χ1n) is 5.88. The van der Waals surface area contributed by atoms with E-state index < -0.39 is 33.5 Å². The van der Waals surface area contributed by atoms with Gasteiger partial charge in [0.25, 0.3) is 0 Å². The van der Waals surface area contributed by atoms with Crippen molar-refractivity contribution in [3.05, 3.63) is 18.2 Å². The quantitative estimate of drug-likeness (QED) is 0.664. The number of nitrogens with one attached hydrogen (secondary N) is 1. The van der Waals surface area contributed by atoms with Crippen LogP contribution in [0.15, 0.2) is 12.4 Å². The summed E-state index contributed by atoms with van der Waals surface area (Å²) in [5.74, 6) is -2.22. The van der Waals surface area contributed by atoms with Crippen molar-refractivity contribution in [2.75, 3.05) is 11.5 Å². The maximum absolute atomic E-state index is 11.9. The van der Waals surface area contributed by atoms with Crippen molar-refractivity contribution < 1.29 is 23.1 Å². The molecule has 0 spiro atoms. The topological polar surface area (TPSA) is 118 Å². The van der Waals surface area contributed by atoms with Gasteiger partial charge in [0.05, 0.1) is 11.5 Å². The minimum atomic E-state index is -3.61. The highest BCUT2D eigenvalue weighted by molar-refractivity contribution is 7.91. The average Bonchev–Trinajstić information content (AvgIpc) is 2.70. The van der Waals surface area contributed by atoms with Gasteiger partial charge in [-0.05, 0) is 0 Å². The summed E-state index contributed by atoms with van der Waals surface area (Å²) in [6, 6.07) is -1.43. The van der Waals surface area contributed by atoms with E-state index in [1.54, 1.807) is 24.0 Å². The molecule has 0 fully saturated rings. The summed E-state index contributed by atoms with van der Waals surface area (Å²) in [7, 11) is -1.87. The lowest BCUT2D eigenvalue weighted by Crippen LogP contribution is -2.45.